The number of likely N-dealkylation sites (tertiary alicyclic amines) is 1. The lowest BCUT2D eigenvalue weighted by molar-refractivity contribution is -0.225. The number of piperidine rings is 1. The summed E-state index contributed by atoms with van der Waals surface area (Å²) in [5.74, 6) is -10.5. The van der Waals surface area contributed by atoms with Crippen LogP contribution in [0.5, 0.6) is 0 Å². The molecule has 0 aromatic carbocycles. The van der Waals surface area contributed by atoms with Crippen molar-refractivity contribution in [2.45, 2.75) is 241 Å². The number of rotatable bonds is 17. The lowest BCUT2D eigenvalue weighted by Crippen LogP contribution is -2.70. The summed E-state index contributed by atoms with van der Waals surface area (Å²) in [6.45, 7) is 30.5. The number of carbonyl (C=O) groups excluding carboxylic acids is 11. The van der Waals surface area contributed by atoms with E-state index in [0.29, 0.717) is 25.9 Å². The van der Waals surface area contributed by atoms with Crippen molar-refractivity contribution in [1.29, 1.82) is 0 Å². The van der Waals surface area contributed by atoms with Gasteiger partial charge in [-0.3, -0.25) is 52.7 Å². The van der Waals surface area contributed by atoms with Crippen LogP contribution in [0.1, 0.15) is 169 Å². The summed E-state index contributed by atoms with van der Waals surface area (Å²) >= 11 is 0. The molecule has 0 spiro atoms. The van der Waals surface area contributed by atoms with Crippen LogP contribution in [-0.2, 0) is 57.5 Å². The Kier molecular flexibility index (Phi) is 33.1. The Morgan fingerprint density at radius 1 is 0.538 bits per heavy atom. The Bertz CT molecular complexity index is 2570. The molecule has 2 fully saturated rings. The predicted octanol–water partition coefficient (Wildman–Crippen LogP) is 3.71. The van der Waals surface area contributed by atoms with Gasteiger partial charge in [0.05, 0.1) is 18.8 Å². The van der Waals surface area contributed by atoms with Crippen LogP contribution >= 0.6 is 0 Å². The van der Waals surface area contributed by atoms with E-state index in [4.69, 9.17) is 4.74 Å². The highest BCUT2D eigenvalue weighted by Crippen LogP contribution is 2.36. The zero-order valence-electron chi connectivity index (χ0n) is 61.2. The molecule has 0 aliphatic carbocycles. The van der Waals surface area contributed by atoms with E-state index in [-0.39, 0.29) is 62.2 Å². The van der Waals surface area contributed by atoms with Crippen LogP contribution < -0.4 is 21.3 Å². The van der Waals surface area contributed by atoms with Crippen molar-refractivity contribution in [3.8, 4) is 0 Å². The van der Waals surface area contributed by atoms with Crippen LogP contribution in [0, 0.1) is 41.4 Å². The largest absolute Gasteiger partial charge is 0.390 e. The van der Waals surface area contributed by atoms with Crippen LogP contribution in [0.25, 0.3) is 0 Å². The minimum absolute atomic E-state index is 0.00436. The summed E-state index contributed by atoms with van der Waals surface area (Å²) in [5, 5.41) is 23.6. The SMILES string of the molecule is C/C=C/C[C@@H](C)[C@@H](O)[C@H]1C(=O)N[C@@H](CC)C(=O)N(C)CC(=O)N(C)[C@@H](CC(C)C)C(=O)N[C@@H](C(C)C)C(=O)N(C)[C@@H](CC(C)C)C(=O)N[C@@H](C)C(=O)N[C@H](C)C(=O)N(C)[C@@H](CC(C)C)C(=O)N(C)[C@@H](CC(C)C)C(=O)N(C)[C@](OC2CCN(C)CC2)(C(C)C)C(=O)N1C. The van der Waals surface area contributed by atoms with E-state index in [1.165, 1.54) is 87.7 Å². The number of aliphatic hydroxyl groups is 1. The Labute approximate surface area is 556 Å². The Morgan fingerprint density at radius 2 is 0.989 bits per heavy atom. The van der Waals surface area contributed by atoms with Gasteiger partial charge >= 0.3 is 0 Å². The first-order chi connectivity index (χ1) is 43.0. The van der Waals surface area contributed by atoms with Gasteiger partial charge in [0.2, 0.25) is 64.8 Å². The van der Waals surface area contributed by atoms with E-state index < -0.39 is 162 Å². The topological polar surface area (TPSA) is 291 Å². The molecular weight excluding hydrogens is 1190 g/mol. The molecule has 0 bridgehead atoms. The third kappa shape index (κ3) is 22.2. The Morgan fingerprint density at radius 3 is 1.46 bits per heavy atom. The van der Waals surface area contributed by atoms with E-state index in [2.05, 4.69) is 26.2 Å². The maximum absolute atomic E-state index is 16.3. The highest BCUT2D eigenvalue weighted by Gasteiger charge is 2.56. The minimum atomic E-state index is -2.21. The van der Waals surface area contributed by atoms with Gasteiger partial charge in [-0.2, -0.15) is 0 Å². The zero-order valence-corrected chi connectivity index (χ0v) is 61.2. The molecule has 0 unspecified atom stereocenters. The second-order valence-corrected chi connectivity index (χ2v) is 28.8. The smallest absolute Gasteiger partial charge is 0.276 e. The quantitative estimate of drug-likeness (QED) is 0.130. The fourth-order valence-electron chi connectivity index (χ4n) is 12.2. The number of nitrogens with zero attached hydrogens (tertiary/aromatic N) is 8. The maximum Gasteiger partial charge on any atom is 0.276 e. The molecule has 2 aliphatic heterocycles. The van der Waals surface area contributed by atoms with Gasteiger partial charge < -0.3 is 70.3 Å². The van der Waals surface area contributed by atoms with Crippen LogP contribution in [0.2, 0.25) is 0 Å². The molecule has 0 aromatic rings. The zero-order chi connectivity index (χ0) is 71.6. The third-order valence-corrected chi connectivity index (χ3v) is 18.3. The molecule has 5 N–H and O–H groups in total. The number of nitrogens with one attached hydrogen (secondary N) is 4. The molecular formula is C68H122N12O13. The molecule has 2 aliphatic rings. The summed E-state index contributed by atoms with van der Waals surface area (Å²) in [4.78, 5) is 175. The molecule has 2 rings (SSSR count). The molecule has 0 saturated carbocycles. The summed E-state index contributed by atoms with van der Waals surface area (Å²) in [5.41, 5.74) is -2.21. The molecule has 2 heterocycles. The van der Waals surface area contributed by atoms with Gasteiger partial charge in [0.25, 0.3) is 5.91 Å². The monoisotopic (exact) mass is 1310 g/mol. The number of carbonyl (C=O) groups is 11. The van der Waals surface area contributed by atoms with Crippen LogP contribution in [0.4, 0.5) is 0 Å². The van der Waals surface area contributed by atoms with Crippen molar-refractivity contribution in [1.82, 2.24) is 60.5 Å². The van der Waals surface area contributed by atoms with E-state index in [1.807, 2.05) is 68.5 Å². The van der Waals surface area contributed by atoms with Gasteiger partial charge in [0, 0.05) is 68.3 Å². The van der Waals surface area contributed by atoms with E-state index >= 15 is 19.2 Å². The van der Waals surface area contributed by atoms with Crippen molar-refractivity contribution in [3.05, 3.63) is 12.2 Å². The van der Waals surface area contributed by atoms with Crippen molar-refractivity contribution in [2.24, 2.45) is 41.4 Å². The molecule has 2 saturated heterocycles. The lowest BCUT2D eigenvalue weighted by atomic mass is 9.89. The van der Waals surface area contributed by atoms with Gasteiger partial charge in [-0.15, -0.1) is 0 Å². The van der Waals surface area contributed by atoms with Gasteiger partial charge in [0.1, 0.15) is 54.4 Å². The number of likely N-dealkylation sites (N-methyl/N-ethyl adjacent to an activating group) is 7. The Balaban J connectivity index is 3.15. The first kappa shape index (κ1) is 82.9. The van der Waals surface area contributed by atoms with Crippen LogP contribution in [0.15, 0.2) is 12.2 Å². The lowest BCUT2D eigenvalue weighted by Gasteiger charge is -2.50. The molecule has 0 aromatic heterocycles. The number of ether oxygens (including phenoxy) is 1. The number of hydrogen-bond donors (Lipinski definition) is 5. The second kappa shape index (κ2) is 37.2. The fourth-order valence-corrected chi connectivity index (χ4v) is 12.2. The number of aliphatic hydroxyl groups excluding tert-OH is 1. The number of allylic oxidation sites excluding steroid dienone is 2. The van der Waals surface area contributed by atoms with Gasteiger partial charge in [0.15, 0.2) is 0 Å². The van der Waals surface area contributed by atoms with Crippen molar-refractivity contribution in [3.63, 3.8) is 0 Å². The average molecular weight is 1320 g/mol. The molecule has 12 atom stereocenters. The van der Waals surface area contributed by atoms with Crippen molar-refractivity contribution >= 4 is 65.0 Å². The summed E-state index contributed by atoms with van der Waals surface area (Å²) < 4.78 is 7.11. The predicted molar refractivity (Wildman–Crippen MR) is 359 cm³/mol. The molecule has 93 heavy (non-hydrogen) atoms. The molecule has 25 heteroatoms. The molecule has 11 amide bonds. The number of amides is 11. The first-order valence-corrected chi connectivity index (χ1v) is 33.8. The second-order valence-electron chi connectivity index (χ2n) is 28.8. The van der Waals surface area contributed by atoms with E-state index in [0.717, 1.165) is 9.80 Å². The summed E-state index contributed by atoms with van der Waals surface area (Å²) in [7, 11) is 11.9. The Hall–Kier alpha value is -6.21. The fraction of sp³-hybridized carbons (Fsp3) is 0.809. The standard InChI is InChI=1S/C68H122N12O13/c1-26-28-29-45(15)57(82)56-61(86)71-49(27-2)63(88)74(19)38-54(81)75(20)50(34-39(3)4)60(85)72-55(43(11)12)66(91)76(21)51(35-40(5)6)59(84)69-46(16)58(83)70-47(17)62(87)77(22)52(36-41(7)8)64(89)78(23)53(37-42(9)10)65(90)80(25)68(44(13)14,67(92)79(56)24)93-48-30-32-73(18)33-31-48/h26,28,39-53,55-57,82H,27,29-38H2,1-25H3,(H,69,84)(H,70,83)(H,71,86)(H,72,85)/b28-26+/t45-,46+,47-,49+,50+,51+,52+,53+,55+,56+,57-,68+/m1/s1. The highest BCUT2D eigenvalue weighted by molar-refractivity contribution is 6.00. The van der Waals surface area contributed by atoms with Crippen LogP contribution in [0.3, 0.4) is 0 Å². The summed E-state index contributed by atoms with van der Waals surface area (Å²) in [6, 6.07) is -11.5. The van der Waals surface area contributed by atoms with Crippen LogP contribution in [-0.4, -0.2) is 258 Å². The average Bonchev–Trinajstić information content (AvgIpc) is 0.756. The van der Waals surface area contributed by atoms with E-state index in [9.17, 15) is 38.7 Å². The van der Waals surface area contributed by atoms with E-state index in [1.54, 1.807) is 54.5 Å². The maximum atomic E-state index is 16.3. The molecule has 25 nitrogen and oxygen atoms in total. The first-order valence-electron chi connectivity index (χ1n) is 33.8. The van der Waals surface area contributed by atoms with Crippen molar-refractivity contribution in [2.75, 3.05) is 76.0 Å². The van der Waals surface area contributed by atoms with Crippen molar-refractivity contribution < 1.29 is 62.6 Å². The molecule has 532 valence electrons. The van der Waals surface area contributed by atoms with Gasteiger partial charge in [-0.25, -0.2) is 0 Å². The normalized spacial score (nSPS) is 27.8. The number of hydrogen-bond acceptors (Lipinski definition) is 14. The van der Waals surface area contributed by atoms with Gasteiger partial charge in [-0.1, -0.05) is 109 Å². The minimum Gasteiger partial charge on any atom is -0.390 e. The summed E-state index contributed by atoms with van der Waals surface area (Å²) in [6.07, 6.45) is 3.13. The van der Waals surface area contributed by atoms with Gasteiger partial charge in [-0.05, 0) is 115 Å². The molecule has 0 radical (unpaired) electrons. The third-order valence-electron chi connectivity index (χ3n) is 18.3. The highest BCUT2D eigenvalue weighted by atomic mass is 16.5.